The van der Waals surface area contributed by atoms with Gasteiger partial charge in [0.25, 0.3) is 0 Å². The van der Waals surface area contributed by atoms with E-state index in [2.05, 4.69) is 148 Å². The second-order valence-corrected chi connectivity index (χ2v) is 21.3. The zero-order valence-electron chi connectivity index (χ0n) is 25.7. The normalized spacial score (nSPS) is 19.5. The zero-order chi connectivity index (χ0) is 29.7. The Bertz CT molecular complexity index is 2110. The molecule has 2 unspecified atom stereocenters. The maximum absolute atomic E-state index is 2.66. The second kappa shape index (κ2) is 9.71. The van der Waals surface area contributed by atoms with Crippen LogP contribution in [0.4, 0.5) is 0 Å². The molecule has 6 aromatic rings. The van der Waals surface area contributed by atoms with Gasteiger partial charge < -0.3 is 0 Å². The fourth-order valence-electron chi connectivity index (χ4n) is 8.86. The summed E-state index contributed by atoms with van der Waals surface area (Å²) in [5, 5.41) is 8.70. The SMILES string of the molecule is CC1=C2c3c(-c4ccc5ccccc5c4)cccc3[CH]1[Zr][CH]1C(C)=C(c3c(-c4ccc5ccccc5c4)cccc31)[Si]2(C)C. The average molecular weight is 658 g/mol. The van der Waals surface area contributed by atoms with E-state index in [1.54, 1.807) is 43.8 Å². The Kier molecular flexibility index (Phi) is 5.91. The summed E-state index contributed by atoms with van der Waals surface area (Å²) in [6, 6.07) is 46.2. The summed E-state index contributed by atoms with van der Waals surface area (Å²) in [7, 11) is -2.13. The molecule has 210 valence electrons. The third kappa shape index (κ3) is 3.71. The number of rotatable bonds is 2. The van der Waals surface area contributed by atoms with Crippen molar-refractivity contribution in [3.8, 4) is 22.3 Å². The van der Waals surface area contributed by atoms with Crippen LogP contribution in [0.15, 0.2) is 132 Å². The molecule has 0 aromatic heterocycles. The zero-order valence-corrected chi connectivity index (χ0v) is 29.2. The van der Waals surface area contributed by atoms with Gasteiger partial charge in [0, 0.05) is 0 Å². The first-order valence-electron chi connectivity index (χ1n) is 15.9. The van der Waals surface area contributed by atoms with Gasteiger partial charge in [-0.3, -0.25) is 0 Å². The van der Waals surface area contributed by atoms with Crippen molar-refractivity contribution < 1.29 is 23.2 Å². The van der Waals surface area contributed by atoms with Crippen LogP contribution in [0.2, 0.25) is 13.1 Å². The van der Waals surface area contributed by atoms with Crippen molar-refractivity contribution in [2.45, 2.75) is 34.2 Å². The predicted molar refractivity (Wildman–Crippen MR) is 187 cm³/mol. The molecule has 2 heteroatoms. The first-order valence-corrected chi connectivity index (χ1v) is 21.7. The van der Waals surface area contributed by atoms with Gasteiger partial charge in [0.2, 0.25) is 0 Å². The summed E-state index contributed by atoms with van der Waals surface area (Å²) in [5.41, 5.74) is 15.4. The Morgan fingerprint density at radius 3 is 1.36 bits per heavy atom. The molecular formula is C42H34SiZr. The molecular weight excluding hydrogens is 624 g/mol. The van der Waals surface area contributed by atoms with Crippen LogP contribution >= 0.6 is 0 Å². The van der Waals surface area contributed by atoms with E-state index < -0.39 is 31.3 Å². The van der Waals surface area contributed by atoms with Crippen LogP contribution in [-0.4, -0.2) is 8.07 Å². The molecule has 0 fully saturated rings. The summed E-state index contributed by atoms with van der Waals surface area (Å²) < 4.78 is 1.26. The predicted octanol–water partition coefficient (Wildman–Crippen LogP) is 11.6. The second-order valence-electron chi connectivity index (χ2n) is 13.4. The van der Waals surface area contributed by atoms with Crippen LogP contribution in [0.5, 0.6) is 0 Å². The van der Waals surface area contributed by atoms with Crippen molar-refractivity contribution >= 4 is 40.0 Å². The molecule has 0 radical (unpaired) electrons. The molecule has 0 amide bonds. The first kappa shape index (κ1) is 26.8. The number of fused-ring (bicyclic) bond motifs is 10. The van der Waals surface area contributed by atoms with E-state index in [0.29, 0.717) is 7.25 Å². The van der Waals surface area contributed by atoms with E-state index in [0.717, 1.165) is 0 Å². The Hall–Kier alpha value is -3.58. The molecule has 4 bridgehead atoms. The monoisotopic (exact) mass is 656 g/mol. The quantitative estimate of drug-likeness (QED) is 0.163. The van der Waals surface area contributed by atoms with Crippen LogP contribution in [0.1, 0.15) is 43.4 Å². The van der Waals surface area contributed by atoms with E-state index in [4.69, 9.17) is 0 Å². The van der Waals surface area contributed by atoms with Gasteiger partial charge in [-0.05, 0) is 0 Å². The maximum atomic E-state index is 2.66. The molecule has 0 nitrogen and oxygen atoms in total. The van der Waals surface area contributed by atoms with Gasteiger partial charge in [0.05, 0.1) is 0 Å². The van der Waals surface area contributed by atoms with E-state index in [1.165, 1.54) is 43.8 Å². The van der Waals surface area contributed by atoms with E-state index in [1.807, 2.05) is 0 Å². The van der Waals surface area contributed by atoms with Crippen LogP contribution < -0.4 is 0 Å². The Labute approximate surface area is 272 Å². The number of allylic oxidation sites excluding steroid dienone is 2. The van der Waals surface area contributed by atoms with Crippen LogP contribution in [0.3, 0.4) is 0 Å². The molecule has 0 saturated carbocycles. The molecule has 0 spiro atoms. The fourth-order valence-corrected chi connectivity index (χ4v) is 18.7. The van der Waals surface area contributed by atoms with Gasteiger partial charge in [-0.15, -0.1) is 0 Å². The van der Waals surface area contributed by atoms with Crippen molar-refractivity contribution in [1.82, 2.24) is 0 Å². The standard InChI is InChI=1S/C42H34Si.Zr/c1-27-23-35-15-9-17-37(33-21-19-29-11-5-7-13-31(29)25-33)39(35)41(27)43(3,4)42-28(2)24-36-16-10-18-38(40(36)42)34-22-20-30-12-6-8-14-32(30)26-34;/h5-26H,1-4H3;. The molecule has 2 aliphatic carbocycles. The summed E-state index contributed by atoms with van der Waals surface area (Å²) in [6.07, 6.45) is 0. The van der Waals surface area contributed by atoms with Crippen LogP contribution in [0, 0.1) is 0 Å². The van der Waals surface area contributed by atoms with Crippen molar-refractivity contribution in [2.75, 3.05) is 0 Å². The number of hydrogen-bond donors (Lipinski definition) is 0. The Balaban J connectivity index is 1.26. The van der Waals surface area contributed by atoms with E-state index in [-0.39, 0.29) is 0 Å². The van der Waals surface area contributed by atoms with Gasteiger partial charge in [-0.1, -0.05) is 0 Å². The molecule has 0 N–H and O–H groups in total. The Morgan fingerprint density at radius 1 is 0.477 bits per heavy atom. The van der Waals surface area contributed by atoms with Gasteiger partial charge in [0.1, 0.15) is 0 Å². The average Bonchev–Trinajstić information content (AvgIpc) is 3.52. The van der Waals surface area contributed by atoms with E-state index in [9.17, 15) is 0 Å². The molecule has 6 aromatic carbocycles. The number of hydrogen-bond acceptors (Lipinski definition) is 0. The van der Waals surface area contributed by atoms with Crippen molar-refractivity contribution in [1.29, 1.82) is 0 Å². The fraction of sp³-hybridized carbons (Fsp3) is 0.143. The van der Waals surface area contributed by atoms with Crippen molar-refractivity contribution in [2.24, 2.45) is 0 Å². The molecule has 2 atom stereocenters. The molecule has 9 rings (SSSR count). The molecule has 0 saturated heterocycles. The van der Waals surface area contributed by atoms with E-state index >= 15 is 0 Å². The summed E-state index contributed by atoms with van der Waals surface area (Å²) in [6.45, 7) is 10.3. The number of benzene rings is 6. The minimum atomic E-state index is -2.13. The molecule has 44 heavy (non-hydrogen) atoms. The summed E-state index contributed by atoms with van der Waals surface area (Å²) in [4.78, 5) is 0. The van der Waals surface area contributed by atoms with Gasteiger partial charge >= 0.3 is 274 Å². The van der Waals surface area contributed by atoms with Gasteiger partial charge in [-0.2, -0.15) is 0 Å². The molecule has 3 aliphatic rings. The minimum absolute atomic E-state index is 0.632. The molecule has 1 heterocycles. The first-order chi connectivity index (χ1) is 21.4. The van der Waals surface area contributed by atoms with Crippen molar-refractivity contribution in [3.05, 3.63) is 155 Å². The van der Waals surface area contributed by atoms with Crippen molar-refractivity contribution in [3.63, 3.8) is 0 Å². The third-order valence-electron chi connectivity index (χ3n) is 10.7. The Morgan fingerprint density at radius 2 is 0.909 bits per heavy atom. The van der Waals surface area contributed by atoms with Gasteiger partial charge in [-0.25, -0.2) is 0 Å². The van der Waals surface area contributed by atoms with Gasteiger partial charge in [0.15, 0.2) is 0 Å². The summed E-state index contributed by atoms with van der Waals surface area (Å²) in [5.74, 6) is 0. The molecule has 1 aliphatic heterocycles. The third-order valence-corrected chi connectivity index (χ3v) is 19.8. The summed E-state index contributed by atoms with van der Waals surface area (Å²) >= 11 is -0.931. The van der Waals surface area contributed by atoms with Crippen LogP contribution in [-0.2, 0) is 23.2 Å². The van der Waals surface area contributed by atoms with Crippen LogP contribution in [0.25, 0.3) is 54.2 Å². The topological polar surface area (TPSA) is 0 Å².